The molecule has 29 heavy (non-hydrogen) atoms. The minimum absolute atomic E-state index is 0.0599. The van der Waals surface area contributed by atoms with Crippen LogP contribution in [0.1, 0.15) is 79.8 Å². The maximum Gasteiger partial charge on any atom is 0.291 e. The van der Waals surface area contributed by atoms with Crippen molar-refractivity contribution in [3.05, 3.63) is 47.0 Å². The fourth-order valence-corrected chi connectivity index (χ4v) is 3.79. The zero-order chi connectivity index (χ0) is 21.2. The maximum atomic E-state index is 13.0. The second-order valence-electron chi connectivity index (χ2n) is 8.60. The topological polar surface area (TPSA) is 67.2 Å². The average molecular weight is 397 g/mol. The fourth-order valence-electron chi connectivity index (χ4n) is 3.79. The summed E-state index contributed by atoms with van der Waals surface area (Å²) in [6.45, 7) is 12.4. The van der Waals surface area contributed by atoms with Crippen LogP contribution in [-0.4, -0.2) is 39.4 Å². The summed E-state index contributed by atoms with van der Waals surface area (Å²) in [4.78, 5) is 32.2. The lowest BCUT2D eigenvalue weighted by molar-refractivity contribution is 0.0766. The van der Waals surface area contributed by atoms with E-state index in [0.717, 1.165) is 37.2 Å². The van der Waals surface area contributed by atoms with Crippen LogP contribution in [0.3, 0.4) is 0 Å². The van der Waals surface area contributed by atoms with Gasteiger partial charge in [-0.1, -0.05) is 32.9 Å². The van der Waals surface area contributed by atoms with E-state index in [4.69, 9.17) is 0 Å². The lowest BCUT2D eigenvalue weighted by Gasteiger charge is -2.20. The summed E-state index contributed by atoms with van der Waals surface area (Å²) >= 11 is 0. The number of nitrogens with one attached hydrogen (secondary N) is 1. The third-order valence-electron chi connectivity index (χ3n) is 5.58. The average Bonchev–Trinajstić information content (AvgIpc) is 3.08. The molecule has 6 heteroatoms. The number of carbonyl (C=O) groups excluding carboxylic acids is 2. The minimum Gasteiger partial charge on any atom is -0.338 e. The van der Waals surface area contributed by atoms with Crippen molar-refractivity contribution in [1.29, 1.82) is 0 Å². The quantitative estimate of drug-likeness (QED) is 0.821. The van der Waals surface area contributed by atoms with E-state index < -0.39 is 0 Å². The smallest absolute Gasteiger partial charge is 0.291 e. The SMILES string of the molecule is CCN(CC)C(=O)c1nc(C(=O)Nc2ccc(C(C)(C)C)cc2)n2c1CCCC2. The molecular formula is C23H32N4O2. The molecule has 2 aromatic rings. The monoisotopic (exact) mass is 396 g/mol. The summed E-state index contributed by atoms with van der Waals surface area (Å²) in [7, 11) is 0. The normalized spacial score (nSPS) is 13.7. The first-order chi connectivity index (χ1) is 13.8. The summed E-state index contributed by atoms with van der Waals surface area (Å²) in [5.74, 6) is -0.0282. The summed E-state index contributed by atoms with van der Waals surface area (Å²) < 4.78 is 1.93. The van der Waals surface area contributed by atoms with E-state index in [1.54, 1.807) is 4.90 Å². The van der Waals surface area contributed by atoms with Crippen molar-refractivity contribution >= 4 is 17.5 Å². The standard InChI is InChI=1S/C23H32N4O2/c1-6-26(7-2)22(29)19-18-10-8-9-15-27(18)20(25-19)21(28)24-17-13-11-16(12-14-17)23(3,4)5/h11-14H,6-10,15H2,1-5H3,(H,24,28). The molecule has 1 aliphatic heterocycles. The number of fused-ring (bicyclic) bond motifs is 1. The van der Waals surface area contributed by atoms with Crippen LogP contribution in [0.25, 0.3) is 0 Å². The van der Waals surface area contributed by atoms with Crippen LogP contribution in [0, 0.1) is 0 Å². The maximum absolute atomic E-state index is 13.0. The molecule has 0 aliphatic carbocycles. The van der Waals surface area contributed by atoms with Crippen LogP contribution in [-0.2, 0) is 18.4 Å². The molecule has 1 aromatic heterocycles. The molecular weight excluding hydrogens is 364 g/mol. The molecule has 1 aromatic carbocycles. The van der Waals surface area contributed by atoms with Crippen LogP contribution < -0.4 is 5.32 Å². The van der Waals surface area contributed by atoms with Gasteiger partial charge in [-0.15, -0.1) is 0 Å². The highest BCUT2D eigenvalue weighted by Crippen LogP contribution is 2.25. The number of hydrogen-bond acceptors (Lipinski definition) is 3. The first-order valence-electron chi connectivity index (χ1n) is 10.6. The third-order valence-corrected chi connectivity index (χ3v) is 5.58. The van der Waals surface area contributed by atoms with Crippen molar-refractivity contribution in [1.82, 2.24) is 14.5 Å². The molecule has 0 saturated carbocycles. The highest BCUT2D eigenvalue weighted by atomic mass is 16.2. The molecule has 6 nitrogen and oxygen atoms in total. The molecule has 2 amide bonds. The lowest BCUT2D eigenvalue weighted by atomic mass is 9.87. The predicted octanol–water partition coefficient (Wildman–Crippen LogP) is 4.25. The van der Waals surface area contributed by atoms with Gasteiger partial charge in [-0.05, 0) is 56.2 Å². The van der Waals surface area contributed by atoms with Crippen LogP contribution in [0.4, 0.5) is 5.69 Å². The zero-order valence-electron chi connectivity index (χ0n) is 18.2. The van der Waals surface area contributed by atoms with Crippen LogP contribution in [0.5, 0.6) is 0 Å². The van der Waals surface area contributed by atoms with E-state index >= 15 is 0 Å². The fraction of sp³-hybridized carbons (Fsp3) is 0.522. The van der Waals surface area contributed by atoms with Gasteiger partial charge in [-0.25, -0.2) is 4.98 Å². The number of imidazole rings is 1. The Morgan fingerprint density at radius 3 is 2.34 bits per heavy atom. The molecule has 1 aliphatic rings. The third kappa shape index (κ3) is 4.36. The Labute approximate surface area is 173 Å². The van der Waals surface area contributed by atoms with Gasteiger partial charge in [-0.3, -0.25) is 9.59 Å². The summed E-state index contributed by atoms with van der Waals surface area (Å²) in [5, 5.41) is 2.95. The zero-order valence-corrected chi connectivity index (χ0v) is 18.2. The van der Waals surface area contributed by atoms with E-state index in [1.165, 1.54) is 5.56 Å². The Morgan fingerprint density at radius 1 is 1.10 bits per heavy atom. The number of nitrogens with zero attached hydrogens (tertiary/aromatic N) is 3. The first-order valence-corrected chi connectivity index (χ1v) is 10.6. The van der Waals surface area contributed by atoms with Gasteiger partial charge in [0, 0.05) is 25.3 Å². The van der Waals surface area contributed by atoms with Crippen LogP contribution in [0.2, 0.25) is 0 Å². The Balaban J connectivity index is 1.88. The van der Waals surface area contributed by atoms with Crippen molar-refractivity contribution in [3.63, 3.8) is 0 Å². The first kappa shape index (κ1) is 21.1. The van der Waals surface area contributed by atoms with Crippen molar-refractivity contribution in [2.75, 3.05) is 18.4 Å². The van der Waals surface area contributed by atoms with Crippen molar-refractivity contribution in [3.8, 4) is 0 Å². The van der Waals surface area contributed by atoms with Crippen molar-refractivity contribution in [2.24, 2.45) is 0 Å². The van der Waals surface area contributed by atoms with E-state index in [1.807, 2.05) is 42.7 Å². The van der Waals surface area contributed by atoms with E-state index in [2.05, 4.69) is 31.1 Å². The van der Waals surface area contributed by atoms with Gasteiger partial charge in [0.05, 0.1) is 5.69 Å². The number of aromatic nitrogens is 2. The molecule has 1 N–H and O–H groups in total. The molecule has 3 rings (SSSR count). The summed E-state index contributed by atoms with van der Waals surface area (Å²) in [5.41, 5.74) is 3.32. The lowest BCUT2D eigenvalue weighted by Crippen LogP contribution is -2.31. The van der Waals surface area contributed by atoms with E-state index in [-0.39, 0.29) is 17.2 Å². The number of benzene rings is 1. The molecule has 0 radical (unpaired) electrons. The van der Waals surface area contributed by atoms with Gasteiger partial charge in [0.2, 0.25) is 0 Å². The van der Waals surface area contributed by atoms with E-state index in [0.29, 0.717) is 24.6 Å². The number of carbonyl (C=O) groups is 2. The largest absolute Gasteiger partial charge is 0.338 e. The molecule has 156 valence electrons. The number of hydrogen-bond donors (Lipinski definition) is 1. The second kappa shape index (κ2) is 8.39. The summed E-state index contributed by atoms with van der Waals surface area (Å²) in [6, 6.07) is 7.90. The van der Waals surface area contributed by atoms with E-state index in [9.17, 15) is 9.59 Å². The van der Waals surface area contributed by atoms with Gasteiger partial charge in [0.25, 0.3) is 11.8 Å². The molecule has 0 unspecified atom stereocenters. The highest BCUT2D eigenvalue weighted by molar-refractivity contribution is 6.03. The molecule has 0 saturated heterocycles. The highest BCUT2D eigenvalue weighted by Gasteiger charge is 2.29. The summed E-state index contributed by atoms with van der Waals surface area (Å²) in [6.07, 6.45) is 2.78. The number of anilines is 1. The Bertz CT molecular complexity index is 887. The van der Waals surface area contributed by atoms with Crippen molar-refractivity contribution < 1.29 is 9.59 Å². The molecule has 2 heterocycles. The predicted molar refractivity (Wildman–Crippen MR) is 116 cm³/mol. The number of rotatable bonds is 5. The van der Waals surface area contributed by atoms with Crippen molar-refractivity contribution in [2.45, 2.75) is 65.8 Å². The number of amides is 2. The van der Waals surface area contributed by atoms with Gasteiger partial charge in [0.1, 0.15) is 5.69 Å². The van der Waals surface area contributed by atoms with Gasteiger partial charge < -0.3 is 14.8 Å². The van der Waals surface area contributed by atoms with Gasteiger partial charge in [0.15, 0.2) is 5.82 Å². The molecule has 0 fully saturated rings. The second-order valence-corrected chi connectivity index (χ2v) is 8.60. The molecule has 0 bridgehead atoms. The Hall–Kier alpha value is -2.63. The van der Waals surface area contributed by atoms with Gasteiger partial charge in [-0.2, -0.15) is 0 Å². The van der Waals surface area contributed by atoms with Gasteiger partial charge >= 0.3 is 0 Å². The van der Waals surface area contributed by atoms with Crippen LogP contribution in [0.15, 0.2) is 24.3 Å². The Morgan fingerprint density at radius 2 is 1.76 bits per heavy atom. The molecule has 0 atom stereocenters. The Kier molecular flexibility index (Phi) is 6.10. The van der Waals surface area contributed by atoms with Crippen LogP contribution >= 0.6 is 0 Å². The molecule has 0 spiro atoms. The minimum atomic E-state index is -0.268.